The topological polar surface area (TPSA) is 72.2 Å². The van der Waals surface area contributed by atoms with Crippen LogP contribution in [0.25, 0.3) is 6.08 Å². The molecule has 0 aliphatic rings. The second kappa shape index (κ2) is 6.47. The Bertz CT molecular complexity index is 694. The monoisotopic (exact) mass is 282 g/mol. The highest BCUT2D eigenvalue weighted by Crippen LogP contribution is 2.21. The standard InChI is InChI=1S/C16H14N2O3/c1-12-7-9-14(18(20)21)11-15(12)17-16(19)10-8-13-5-3-2-4-6-13/h2-11H,1H3,(H,17,19)/b10-8-. The molecule has 0 radical (unpaired) electrons. The molecule has 2 aromatic rings. The first-order valence-corrected chi connectivity index (χ1v) is 6.35. The van der Waals surface area contributed by atoms with E-state index in [0.717, 1.165) is 11.1 Å². The summed E-state index contributed by atoms with van der Waals surface area (Å²) in [6, 6.07) is 13.8. The third-order valence-electron chi connectivity index (χ3n) is 2.92. The number of nitrogens with one attached hydrogen (secondary N) is 1. The third-order valence-corrected chi connectivity index (χ3v) is 2.92. The van der Waals surface area contributed by atoms with Crippen molar-refractivity contribution in [1.29, 1.82) is 0 Å². The number of carbonyl (C=O) groups excluding carboxylic acids is 1. The van der Waals surface area contributed by atoms with E-state index in [0.29, 0.717) is 5.69 Å². The van der Waals surface area contributed by atoms with E-state index in [1.54, 1.807) is 19.1 Å². The van der Waals surface area contributed by atoms with Gasteiger partial charge in [-0.1, -0.05) is 36.4 Å². The molecule has 1 N–H and O–H groups in total. The Hall–Kier alpha value is -2.95. The van der Waals surface area contributed by atoms with E-state index in [1.165, 1.54) is 18.2 Å². The van der Waals surface area contributed by atoms with E-state index < -0.39 is 4.92 Å². The smallest absolute Gasteiger partial charge is 0.271 e. The summed E-state index contributed by atoms with van der Waals surface area (Å²) < 4.78 is 0. The minimum absolute atomic E-state index is 0.0528. The molecule has 1 amide bonds. The average molecular weight is 282 g/mol. The van der Waals surface area contributed by atoms with Crippen LogP contribution in [0, 0.1) is 17.0 Å². The molecule has 0 aliphatic carbocycles. The summed E-state index contributed by atoms with van der Waals surface area (Å²) >= 11 is 0. The molecule has 2 rings (SSSR count). The van der Waals surface area contributed by atoms with Crippen molar-refractivity contribution in [2.75, 3.05) is 5.32 Å². The first kappa shape index (κ1) is 14.5. The van der Waals surface area contributed by atoms with Gasteiger partial charge in [-0.15, -0.1) is 0 Å². The Labute approximate surface area is 122 Å². The van der Waals surface area contributed by atoms with E-state index in [4.69, 9.17) is 0 Å². The number of amides is 1. The highest BCUT2D eigenvalue weighted by molar-refractivity contribution is 6.02. The predicted octanol–water partition coefficient (Wildman–Crippen LogP) is 3.56. The maximum absolute atomic E-state index is 11.9. The van der Waals surface area contributed by atoms with Crippen LogP contribution < -0.4 is 5.32 Å². The van der Waals surface area contributed by atoms with Gasteiger partial charge < -0.3 is 5.32 Å². The number of hydrogen-bond donors (Lipinski definition) is 1. The van der Waals surface area contributed by atoms with Gasteiger partial charge in [0.2, 0.25) is 5.91 Å². The Morgan fingerprint density at radius 3 is 2.57 bits per heavy atom. The summed E-state index contributed by atoms with van der Waals surface area (Å²) in [6.45, 7) is 1.78. The van der Waals surface area contributed by atoms with Crippen molar-refractivity contribution in [3.63, 3.8) is 0 Å². The van der Waals surface area contributed by atoms with Gasteiger partial charge in [0.05, 0.1) is 10.6 Å². The number of nitrogens with zero attached hydrogens (tertiary/aromatic N) is 1. The fourth-order valence-corrected chi connectivity index (χ4v) is 1.77. The number of hydrogen-bond acceptors (Lipinski definition) is 3. The van der Waals surface area contributed by atoms with E-state index in [9.17, 15) is 14.9 Å². The number of anilines is 1. The van der Waals surface area contributed by atoms with Gasteiger partial charge in [-0.05, 0) is 24.1 Å². The Balaban J connectivity index is 2.11. The van der Waals surface area contributed by atoms with Gasteiger partial charge in [0.1, 0.15) is 0 Å². The maximum atomic E-state index is 11.9. The normalized spacial score (nSPS) is 10.5. The fourth-order valence-electron chi connectivity index (χ4n) is 1.77. The highest BCUT2D eigenvalue weighted by atomic mass is 16.6. The van der Waals surface area contributed by atoms with Crippen molar-refractivity contribution in [3.05, 3.63) is 75.8 Å². The molecule has 0 unspecified atom stereocenters. The molecule has 21 heavy (non-hydrogen) atoms. The zero-order valence-corrected chi connectivity index (χ0v) is 11.4. The van der Waals surface area contributed by atoms with Crippen LogP contribution >= 0.6 is 0 Å². The summed E-state index contributed by atoms with van der Waals surface area (Å²) in [7, 11) is 0. The zero-order valence-electron chi connectivity index (χ0n) is 11.4. The number of carbonyl (C=O) groups is 1. The molecular formula is C16H14N2O3. The van der Waals surface area contributed by atoms with Crippen LogP contribution in [0.4, 0.5) is 11.4 Å². The fraction of sp³-hybridized carbons (Fsp3) is 0.0625. The van der Waals surface area contributed by atoms with Gasteiger partial charge in [0.15, 0.2) is 0 Å². The van der Waals surface area contributed by atoms with Gasteiger partial charge in [-0.3, -0.25) is 14.9 Å². The second-order valence-electron chi connectivity index (χ2n) is 4.49. The predicted molar refractivity (Wildman–Crippen MR) is 81.9 cm³/mol. The van der Waals surface area contributed by atoms with Crippen LogP contribution in [0.1, 0.15) is 11.1 Å². The zero-order chi connectivity index (χ0) is 15.2. The largest absolute Gasteiger partial charge is 0.322 e. The Morgan fingerprint density at radius 1 is 1.19 bits per heavy atom. The lowest BCUT2D eigenvalue weighted by molar-refractivity contribution is -0.384. The lowest BCUT2D eigenvalue weighted by atomic mass is 10.1. The molecule has 5 nitrogen and oxygen atoms in total. The maximum Gasteiger partial charge on any atom is 0.271 e. The first-order chi connectivity index (χ1) is 10.1. The number of aryl methyl sites for hydroxylation is 1. The SMILES string of the molecule is Cc1ccc([N+](=O)[O-])cc1NC(=O)/C=C\c1ccccc1. The molecule has 0 aromatic heterocycles. The van der Waals surface area contributed by atoms with Crippen LogP contribution in [0.5, 0.6) is 0 Å². The molecule has 0 saturated heterocycles. The second-order valence-corrected chi connectivity index (χ2v) is 4.49. The van der Waals surface area contributed by atoms with Crippen molar-refractivity contribution < 1.29 is 9.72 Å². The van der Waals surface area contributed by atoms with Gasteiger partial charge >= 0.3 is 0 Å². The van der Waals surface area contributed by atoms with Crippen LogP contribution in [0.3, 0.4) is 0 Å². The summed E-state index contributed by atoms with van der Waals surface area (Å²) in [4.78, 5) is 22.1. The highest BCUT2D eigenvalue weighted by Gasteiger charge is 2.09. The number of non-ortho nitro benzene ring substituents is 1. The van der Waals surface area contributed by atoms with Crippen LogP contribution in [-0.4, -0.2) is 10.8 Å². The number of nitro groups is 1. The van der Waals surface area contributed by atoms with Crippen LogP contribution in [-0.2, 0) is 4.79 Å². The molecule has 0 aliphatic heterocycles. The Kier molecular flexibility index (Phi) is 4.46. The lowest BCUT2D eigenvalue weighted by Crippen LogP contribution is -2.09. The van der Waals surface area contributed by atoms with Crippen molar-refractivity contribution in [2.45, 2.75) is 6.92 Å². The van der Waals surface area contributed by atoms with Crippen LogP contribution in [0.15, 0.2) is 54.6 Å². The van der Waals surface area contributed by atoms with Gasteiger partial charge in [0, 0.05) is 18.2 Å². The quantitative estimate of drug-likeness (QED) is 0.529. The van der Waals surface area contributed by atoms with Crippen molar-refractivity contribution in [2.24, 2.45) is 0 Å². The first-order valence-electron chi connectivity index (χ1n) is 6.35. The Morgan fingerprint density at radius 2 is 1.90 bits per heavy atom. The van der Waals surface area contributed by atoms with Crippen molar-refractivity contribution >= 4 is 23.4 Å². The number of rotatable bonds is 4. The summed E-state index contributed by atoms with van der Waals surface area (Å²) in [5.41, 5.74) is 2.06. The molecule has 0 fully saturated rings. The minimum atomic E-state index is -0.491. The molecule has 0 spiro atoms. The molecule has 0 atom stereocenters. The van der Waals surface area contributed by atoms with E-state index in [2.05, 4.69) is 5.32 Å². The summed E-state index contributed by atoms with van der Waals surface area (Å²) in [5.74, 6) is -0.331. The van der Waals surface area contributed by atoms with Crippen molar-refractivity contribution in [3.8, 4) is 0 Å². The molecule has 106 valence electrons. The van der Waals surface area contributed by atoms with Gasteiger partial charge in [-0.25, -0.2) is 0 Å². The summed E-state index contributed by atoms with van der Waals surface area (Å²) in [6.07, 6.45) is 3.08. The number of benzene rings is 2. The van der Waals surface area contributed by atoms with E-state index in [1.807, 2.05) is 30.3 Å². The minimum Gasteiger partial charge on any atom is -0.322 e. The number of nitro benzene ring substituents is 1. The molecular weight excluding hydrogens is 268 g/mol. The molecule has 0 heterocycles. The molecule has 5 heteroatoms. The van der Waals surface area contributed by atoms with E-state index in [-0.39, 0.29) is 11.6 Å². The summed E-state index contributed by atoms with van der Waals surface area (Å²) in [5, 5.41) is 13.4. The average Bonchev–Trinajstić information content (AvgIpc) is 2.48. The van der Waals surface area contributed by atoms with Gasteiger partial charge in [-0.2, -0.15) is 0 Å². The third kappa shape index (κ3) is 4.01. The van der Waals surface area contributed by atoms with Gasteiger partial charge in [0.25, 0.3) is 5.69 Å². The molecule has 2 aromatic carbocycles. The van der Waals surface area contributed by atoms with E-state index >= 15 is 0 Å². The lowest BCUT2D eigenvalue weighted by Gasteiger charge is -2.05. The molecule has 0 bridgehead atoms. The molecule has 0 saturated carbocycles. The van der Waals surface area contributed by atoms with Crippen LogP contribution in [0.2, 0.25) is 0 Å². The van der Waals surface area contributed by atoms with Crippen molar-refractivity contribution in [1.82, 2.24) is 0 Å².